The molecule has 0 amide bonds. The van der Waals surface area contributed by atoms with Gasteiger partial charge < -0.3 is 5.11 Å². The van der Waals surface area contributed by atoms with E-state index in [1.807, 2.05) is 0 Å². The SMILES string of the molecule is O=c1c(CO)cn(F)c(=O)n1C1CCCC1. The maximum atomic E-state index is 13.2. The Morgan fingerprint density at radius 1 is 1.38 bits per heavy atom. The standard InChI is InChI=1S/C10H13FN2O3/c11-12-5-7(6-14)9(15)13(10(12)16)8-3-1-2-4-8/h5,8,14H,1-4,6H2. The number of hydrogen-bond donors (Lipinski definition) is 1. The highest BCUT2D eigenvalue weighted by atomic mass is 19.2. The average molecular weight is 228 g/mol. The van der Waals surface area contributed by atoms with Gasteiger partial charge in [0, 0.05) is 6.04 Å². The number of nitrogens with zero attached hydrogens (tertiary/aromatic N) is 2. The molecule has 0 aliphatic heterocycles. The van der Waals surface area contributed by atoms with Crippen LogP contribution in [0, 0.1) is 0 Å². The molecule has 1 saturated carbocycles. The Morgan fingerprint density at radius 2 is 2.00 bits per heavy atom. The van der Waals surface area contributed by atoms with Crippen LogP contribution in [0.5, 0.6) is 0 Å². The lowest BCUT2D eigenvalue weighted by Crippen LogP contribution is -2.41. The van der Waals surface area contributed by atoms with E-state index in [1.165, 1.54) is 0 Å². The van der Waals surface area contributed by atoms with Crippen molar-refractivity contribution in [3.05, 3.63) is 32.6 Å². The monoisotopic (exact) mass is 228 g/mol. The number of aliphatic hydroxyl groups excluding tert-OH is 1. The predicted molar refractivity (Wildman–Crippen MR) is 54.9 cm³/mol. The van der Waals surface area contributed by atoms with Gasteiger partial charge in [-0.15, -0.1) is 4.79 Å². The molecule has 0 bridgehead atoms. The highest BCUT2D eigenvalue weighted by molar-refractivity contribution is 5.04. The van der Waals surface area contributed by atoms with E-state index in [0.29, 0.717) is 12.8 Å². The summed E-state index contributed by atoms with van der Waals surface area (Å²) < 4.78 is 14.1. The lowest BCUT2D eigenvalue weighted by Gasteiger charge is -2.13. The second-order valence-electron chi connectivity index (χ2n) is 4.02. The predicted octanol–water partition coefficient (Wildman–Crippen LogP) is 0.350. The van der Waals surface area contributed by atoms with Crippen molar-refractivity contribution in [3.63, 3.8) is 0 Å². The number of halogens is 1. The van der Waals surface area contributed by atoms with Gasteiger partial charge in [0.05, 0.1) is 18.4 Å². The van der Waals surface area contributed by atoms with Gasteiger partial charge in [-0.25, -0.2) is 4.79 Å². The summed E-state index contributed by atoms with van der Waals surface area (Å²) in [6, 6.07) is -0.228. The smallest absolute Gasteiger partial charge is 0.359 e. The molecule has 1 aliphatic carbocycles. The summed E-state index contributed by atoms with van der Waals surface area (Å²) in [5.74, 6) is 0. The Hall–Kier alpha value is -1.43. The van der Waals surface area contributed by atoms with Gasteiger partial charge in [0.2, 0.25) is 0 Å². The van der Waals surface area contributed by atoms with Crippen LogP contribution in [0.1, 0.15) is 37.3 Å². The average Bonchev–Trinajstić information content (AvgIpc) is 2.77. The summed E-state index contributed by atoms with van der Waals surface area (Å²) >= 11 is 0. The molecule has 6 heteroatoms. The zero-order valence-corrected chi connectivity index (χ0v) is 8.73. The van der Waals surface area contributed by atoms with Crippen molar-refractivity contribution in [2.45, 2.75) is 38.3 Å². The summed E-state index contributed by atoms with van der Waals surface area (Å²) in [5.41, 5.74) is -1.61. The van der Waals surface area contributed by atoms with E-state index in [-0.39, 0.29) is 16.4 Å². The molecular weight excluding hydrogens is 215 g/mol. The Morgan fingerprint density at radius 3 is 2.56 bits per heavy atom. The molecule has 0 aromatic carbocycles. The van der Waals surface area contributed by atoms with Crippen molar-refractivity contribution < 1.29 is 9.59 Å². The number of hydrogen-bond acceptors (Lipinski definition) is 3. The van der Waals surface area contributed by atoms with Crippen molar-refractivity contribution in [3.8, 4) is 0 Å². The lowest BCUT2D eigenvalue weighted by atomic mass is 10.2. The maximum absolute atomic E-state index is 13.2. The molecule has 1 aromatic heterocycles. The van der Waals surface area contributed by atoms with Crippen LogP contribution in [0.2, 0.25) is 0 Å². The molecule has 0 saturated heterocycles. The van der Waals surface area contributed by atoms with Crippen LogP contribution < -0.4 is 11.2 Å². The highest BCUT2D eigenvalue weighted by Crippen LogP contribution is 2.27. The van der Waals surface area contributed by atoms with Crippen molar-refractivity contribution in [1.82, 2.24) is 9.36 Å². The van der Waals surface area contributed by atoms with Crippen LogP contribution in [0.15, 0.2) is 15.8 Å². The van der Waals surface area contributed by atoms with E-state index in [4.69, 9.17) is 5.11 Å². The van der Waals surface area contributed by atoms with Crippen LogP contribution in [0.25, 0.3) is 0 Å². The van der Waals surface area contributed by atoms with Crippen molar-refractivity contribution >= 4 is 0 Å². The van der Waals surface area contributed by atoms with Gasteiger partial charge in [-0.2, -0.15) is 0 Å². The van der Waals surface area contributed by atoms with Crippen LogP contribution >= 0.6 is 0 Å². The Kier molecular flexibility index (Phi) is 2.91. The Bertz CT molecular complexity index is 500. The van der Waals surface area contributed by atoms with Crippen LogP contribution in [0.4, 0.5) is 4.48 Å². The quantitative estimate of drug-likeness (QED) is 0.794. The molecule has 1 N–H and O–H groups in total. The lowest BCUT2D eigenvalue weighted by molar-refractivity contribution is 0.262. The summed E-state index contributed by atoms with van der Waals surface area (Å²) in [6.45, 7) is -0.560. The van der Waals surface area contributed by atoms with Gasteiger partial charge in [-0.05, 0) is 12.8 Å². The second-order valence-corrected chi connectivity index (χ2v) is 4.02. The van der Waals surface area contributed by atoms with Gasteiger partial charge in [0.15, 0.2) is 0 Å². The summed E-state index contributed by atoms with van der Waals surface area (Å²) in [6.07, 6.45) is 4.04. The molecular formula is C10H13FN2O3. The fourth-order valence-corrected chi connectivity index (χ4v) is 2.18. The van der Waals surface area contributed by atoms with Gasteiger partial charge in [0.1, 0.15) is 0 Å². The maximum Gasteiger partial charge on any atom is 0.359 e. The van der Waals surface area contributed by atoms with Crippen LogP contribution in [-0.2, 0) is 6.61 Å². The van der Waals surface area contributed by atoms with E-state index in [9.17, 15) is 14.1 Å². The molecule has 5 nitrogen and oxygen atoms in total. The molecule has 1 aliphatic rings. The van der Waals surface area contributed by atoms with E-state index >= 15 is 0 Å². The van der Waals surface area contributed by atoms with Crippen molar-refractivity contribution in [2.24, 2.45) is 0 Å². The van der Waals surface area contributed by atoms with Crippen LogP contribution in [-0.4, -0.2) is 14.5 Å². The normalized spacial score (nSPS) is 16.9. The molecule has 1 aromatic rings. The molecule has 16 heavy (non-hydrogen) atoms. The third kappa shape index (κ3) is 1.69. The minimum Gasteiger partial charge on any atom is -0.391 e. The summed E-state index contributed by atoms with van der Waals surface area (Å²) in [7, 11) is 0. The second kappa shape index (κ2) is 4.21. The molecule has 1 heterocycles. The van der Waals surface area contributed by atoms with Gasteiger partial charge in [-0.3, -0.25) is 9.36 Å². The molecule has 0 radical (unpaired) electrons. The van der Waals surface area contributed by atoms with Crippen molar-refractivity contribution in [2.75, 3.05) is 0 Å². The van der Waals surface area contributed by atoms with E-state index in [1.54, 1.807) is 0 Å². The zero-order chi connectivity index (χ0) is 11.7. The van der Waals surface area contributed by atoms with E-state index in [2.05, 4.69) is 0 Å². The first-order chi connectivity index (χ1) is 7.65. The first-order valence-corrected chi connectivity index (χ1v) is 5.29. The minimum absolute atomic E-state index is 0.0889. The van der Waals surface area contributed by atoms with Crippen molar-refractivity contribution in [1.29, 1.82) is 0 Å². The molecule has 1 fully saturated rings. The number of aliphatic hydroxyl groups is 1. The minimum atomic E-state index is -0.950. The molecule has 2 rings (SSSR count). The van der Waals surface area contributed by atoms with Gasteiger partial charge in [0.25, 0.3) is 5.56 Å². The molecule has 0 unspecified atom stereocenters. The Balaban J connectivity index is 2.62. The summed E-state index contributed by atoms with van der Waals surface area (Å²) in [4.78, 5) is 23.2. The first-order valence-electron chi connectivity index (χ1n) is 5.29. The number of aromatic nitrogens is 2. The fourth-order valence-electron chi connectivity index (χ4n) is 2.18. The van der Waals surface area contributed by atoms with Gasteiger partial charge >= 0.3 is 5.69 Å². The molecule has 0 spiro atoms. The topological polar surface area (TPSA) is 64.2 Å². The number of rotatable bonds is 2. The zero-order valence-electron chi connectivity index (χ0n) is 8.73. The third-order valence-electron chi connectivity index (χ3n) is 3.01. The summed E-state index contributed by atoms with van der Waals surface area (Å²) in [5, 5.41) is 8.91. The first kappa shape index (κ1) is 11.1. The molecule has 88 valence electrons. The van der Waals surface area contributed by atoms with Gasteiger partial charge in [-0.1, -0.05) is 17.3 Å². The van der Waals surface area contributed by atoms with E-state index in [0.717, 1.165) is 23.6 Å². The highest BCUT2D eigenvalue weighted by Gasteiger charge is 2.22. The third-order valence-corrected chi connectivity index (χ3v) is 3.01. The fraction of sp³-hybridized carbons (Fsp3) is 0.600. The van der Waals surface area contributed by atoms with E-state index < -0.39 is 17.9 Å². The largest absolute Gasteiger partial charge is 0.391 e. The molecule has 0 atom stereocenters. The van der Waals surface area contributed by atoms with Crippen LogP contribution in [0.3, 0.4) is 0 Å². The Labute approximate surface area is 90.7 Å².